The molecule has 0 spiro atoms. The van der Waals surface area contributed by atoms with Crippen molar-refractivity contribution in [1.82, 2.24) is 5.32 Å². The van der Waals surface area contributed by atoms with Crippen LogP contribution in [0.4, 0.5) is 11.4 Å². The number of hydrogen-bond acceptors (Lipinski definition) is 5. The van der Waals surface area contributed by atoms with Crippen molar-refractivity contribution in [2.24, 2.45) is 0 Å². The summed E-state index contributed by atoms with van der Waals surface area (Å²) in [4.78, 5) is 24.4. The van der Waals surface area contributed by atoms with Crippen molar-refractivity contribution >= 4 is 23.2 Å². The molecule has 160 valence electrons. The van der Waals surface area contributed by atoms with E-state index in [0.717, 1.165) is 5.56 Å². The topological polar surface area (TPSA) is 88.7 Å². The highest BCUT2D eigenvalue weighted by atomic mass is 16.5. The molecular weight excluding hydrogens is 394 g/mol. The molecule has 31 heavy (non-hydrogen) atoms. The summed E-state index contributed by atoms with van der Waals surface area (Å²) in [5, 5.41) is 8.39. The number of methoxy groups -OCH3 is 1. The van der Waals surface area contributed by atoms with E-state index in [1.165, 1.54) is 7.11 Å². The maximum absolute atomic E-state index is 12.2. The first-order chi connectivity index (χ1) is 15.0. The zero-order chi connectivity index (χ0) is 22.1. The van der Waals surface area contributed by atoms with Crippen LogP contribution in [0.3, 0.4) is 0 Å². The molecule has 3 rings (SSSR count). The molecule has 3 N–H and O–H groups in total. The van der Waals surface area contributed by atoms with Crippen LogP contribution in [-0.4, -0.2) is 32.0 Å². The second-order valence-corrected chi connectivity index (χ2v) is 6.79. The van der Waals surface area contributed by atoms with Crippen LogP contribution in [0.15, 0.2) is 72.8 Å². The van der Waals surface area contributed by atoms with E-state index in [9.17, 15) is 9.59 Å². The zero-order valence-corrected chi connectivity index (χ0v) is 17.5. The Balaban J connectivity index is 1.50. The molecule has 0 heterocycles. The summed E-state index contributed by atoms with van der Waals surface area (Å²) in [6.45, 7) is 1.76. The van der Waals surface area contributed by atoms with Crippen molar-refractivity contribution < 1.29 is 19.1 Å². The summed E-state index contributed by atoms with van der Waals surface area (Å²) >= 11 is 0. The lowest BCUT2D eigenvalue weighted by Crippen LogP contribution is -2.36. The number of hydrogen-bond donors (Lipinski definition) is 3. The highest BCUT2D eigenvalue weighted by Crippen LogP contribution is 2.29. The predicted octanol–water partition coefficient (Wildman–Crippen LogP) is 3.96. The van der Waals surface area contributed by atoms with Gasteiger partial charge in [-0.2, -0.15) is 0 Å². The summed E-state index contributed by atoms with van der Waals surface area (Å²) in [5.74, 6) is 1.20. The minimum Gasteiger partial charge on any atom is -0.495 e. The highest BCUT2D eigenvalue weighted by Gasteiger charge is 2.11. The molecule has 0 fully saturated rings. The Bertz CT molecular complexity index is 1040. The van der Waals surface area contributed by atoms with Crippen molar-refractivity contribution in [3.63, 3.8) is 0 Å². The lowest BCUT2D eigenvalue weighted by atomic mass is 10.2. The predicted molar refractivity (Wildman–Crippen MR) is 121 cm³/mol. The largest absolute Gasteiger partial charge is 0.495 e. The molecular formula is C24H25N3O4. The van der Waals surface area contributed by atoms with Gasteiger partial charge in [-0.15, -0.1) is 0 Å². The number of aryl methyl sites for hydroxylation is 1. The molecule has 0 aliphatic heterocycles. The van der Waals surface area contributed by atoms with Crippen molar-refractivity contribution in [2.45, 2.75) is 6.92 Å². The van der Waals surface area contributed by atoms with Crippen molar-refractivity contribution in [3.8, 4) is 17.2 Å². The average molecular weight is 419 g/mol. The fourth-order valence-electron chi connectivity index (χ4n) is 2.85. The van der Waals surface area contributed by atoms with Crippen LogP contribution in [0.5, 0.6) is 17.2 Å². The van der Waals surface area contributed by atoms with Crippen molar-refractivity contribution in [3.05, 3.63) is 78.4 Å². The molecule has 0 radical (unpaired) electrons. The van der Waals surface area contributed by atoms with Crippen LogP contribution in [0.1, 0.15) is 5.56 Å². The van der Waals surface area contributed by atoms with Gasteiger partial charge in [-0.25, -0.2) is 0 Å². The van der Waals surface area contributed by atoms with E-state index < -0.39 is 0 Å². The minimum atomic E-state index is -0.343. The third-order valence-electron chi connectivity index (χ3n) is 4.37. The Morgan fingerprint density at radius 3 is 2.32 bits per heavy atom. The molecule has 0 atom stereocenters. The van der Waals surface area contributed by atoms with Crippen LogP contribution in [0.25, 0.3) is 0 Å². The molecule has 0 unspecified atom stereocenters. The molecule has 0 saturated heterocycles. The lowest BCUT2D eigenvalue weighted by molar-refractivity contribution is -0.122. The van der Waals surface area contributed by atoms with Crippen LogP contribution < -0.4 is 25.4 Å². The Morgan fingerprint density at radius 2 is 1.55 bits per heavy atom. The first-order valence-corrected chi connectivity index (χ1v) is 9.82. The second kappa shape index (κ2) is 10.7. The van der Waals surface area contributed by atoms with E-state index in [0.29, 0.717) is 28.6 Å². The number of nitrogens with one attached hydrogen (secondary N) is 3. The van der Waals surface area contributed by atoms with E-state index in [4.69, 9.17) is 9.47 Å². The van der Waals surface area contributed by atoms with Crippen LogP contribution in [0, 0.1) is 6.92 Å². The van der Waals surface area contributed by atoms with Gasteiger partial charge < -0.3 is 25.4 Å². The normalized spacial score (nSPS) is 10.1. The van der Waals surface area contributed by atoms with Crippen LogP contribution in [-0.2, 0) is 9.59 Å². The Kier molecular flexibility index (Phi) is 7.48. The smallest absolute Gasteiger partial charge is 0.243 e. The van der Waals surface area contributed by atoms with E-state index in [1.807, 2.05) is 73.7 Å². The summed E-state index contributed by atoms with van der Waals surface area (Å²) in [6.07, 6.45) is 0. The average Bonchev–Trinajstić information content (AvgIpc) is 2.78. The van der Waals surface area contributed by atoms with Crippen molar-refractivity contribution in [1.29, 1.82) is 0 Å². The number of ether oxygens (including phenoxy) is 2. The quantitative estimate of drug-likeness (QED) is 0.489. The number of amides is 2. The molecule has 7 heteroatoms. The van der Waals surface area contributed by atoms with Gasteiger partial charge in [0.25, 0.3) is 0 Å². The van der Waals surface area contributed by atoms with Gasteiger partial charge in [0.1, 0.15) is 11.5 Å². The maximum atomic E-state index is 12.2. The fraction of sp³-hybridized carbons (Fsp3) is 0.167. The minimum absolute atomic E-state index is 0.00376. The molecule has 7 nitrogen and oxygen atoms in total. The second-order valence-electron chi connectivity index (χ2n) is 6.79. The molecule has 2 amide bonds. The molecule has 0 aliphatic rings. The van der Waals surface area contributed by atoms with E-state index in [2.05, 4.69) is 16.0 Å². The fourth-order valence-corrected chi connectivity index (χ4v) is 2.85. The molecule has 0 aliphatic carbocycles. The van der Waals surface area contributed by atoms with Gasteiger partial charge in [-0.3, -0.25) is 9.59 Å². The summed E-state index contributed by atoms with van der Waals surface area (Å²) in [7, 11) is 1.53. The summed E-state index contributed by atoms with van der Waals surface area (Å²) in [6, 6.07) is 22.2. The van der Waals surface area contributed by atoms with Gasteiger partial charge in [-0.05, 0) is 48.9 Å². The molecule has 0 aromatic heterocycles. The number of benzene rings is 3. The van der Waals surface area contributed by atoms with Gasteiger partial charge in [0.05, 0.1) is 31.6 Å². The number of para-hydroxylation sites is 3. The van der Waals surface area contributed by atoms with Crippen LogP contribution in [0.2, 0.25) is 0 Å². The number of anilines is 2. The first-order valence-electron chi connectivity index (χ1n) is 9.82. The maximum Gasteiger partial charge on any atom is 0.243 e. The summed E-state index contributed by atoms with van der Waals surface area (Å²) in [5.41, 5.74) is 2.23. The van der Waals surface area contributed by atoms with Gasteiger partial charge in [0.15, 0.2) is 5.75 Å². The summed E-state index contributed by atoms with van der Waals surface area (Å²) < 4.78 is 11.1. The van der Waals surface area contributed by atoms with Crippen LogP contribution >= 0.6 is 0 Å². The van der Waals surface area contributed by atoms with E-state index >= 15 is 0 Å². The van der Waals surface area contributed by atoms with Crippen molar-refractivity contribution in [2.75, 3.05) is 30.8 Å². The molecule has 0 saturated carbocycles. The molecule has 0 bridgehead atoms. The number of rotatable bonds is 9. The SMILES string of the molecule is COc1ccc(C)cc1NC(=O)CNC(=O)CNc1ccccc1Oc1ccccc1. The lowest BCUT2D eigenvalue weighted by Gasteiger charge is -2.13. The molecule has 3 aromatic carbocycles. The zero-order valence-electron chi connectivity index (χ0n) is 17.5. The van der Waals surface area contributed by atoms with E-state index in [-0.39, 0.29) is 24.9 Å². The van der Waals surface area contributed by atoms with Gasteiger partial charge in [-0.1, -0.05) is 36.4 Å². The Morgan fingerprint density at radius 1 is 0.806 bits per heavy atom. The Labute approximate surface area is 181 Å². The Hall–Kier alpha value is -4.00. The third kappa shape index (κ3) is 6.50. The monoisotopic (exact) mass is 419 g/mol. The standard InChI is InChI=1S/C24H25N3O4/c1-17-12-13-21(30-2)20(14-17)27-24(29)16-26-23(28)15-25-19-10-6-7-11-22(19)31-18-8-4-3-5-9-18/h3-14,25H,15-16H2,1-2H3,(H,26,28)(H,27,29). The van der Waals surface area contributed by atoms with E-state index in [1.54, 1.807) is 6.07 Å². The van der Waals surface area contributed by atoms with Gasteiger partial charge in [0, 0.05) is 0 Å². The van der Waals surface area contributed by atoms with Gasteiger partial charge in [0.2, 0.25) is 11.8 Å². The highest BCUT2D eigenvalue weighted by molar-refractivity contribution is 5.96. The first kappa shape index (κ1) is 21.7. The third-order valence-corrected chi connectivity index (χ3v) is 4.37. The number of carbonyl (C=O) groups is 2. The number of carbonyl (C=O) groups excluding carboxylic acids is 2. The molecule has 3 aromatic rings. The van der Waals surface area contributed by atoms with Gasteiger partial charge >= 0.3 is 0 Å².